The average molecular weight is 290 g/mol. The lowest BCUT2D eigenvalue weighted by Crippen LogP contribution is -2.00. The largest absolute Gasteiger partial charge is 0.507 e. The predicted octanol–water partition coefficient (Wildman–Crippen LogP) is 3.21. The van der Waals surface area contributed by atoms with Crippen molar-refractivity contribution >= 4 is 16.7 Å². The third kappa shape index (κ3) is 2.59. The number of aromatic carboxylic acids is 1. The maximum Gasteiger partial charge on any atom is 0.335 e. The van der Waals surface area contributed by atoms with Crippen LogP contribution < -0.4 is 9.47 Å². The van der Waals surface area contributed by atoms with Gasteiger partial charge in [-0.3, -0.25) is 0 Å². The molecule has 0 fully saturated rings. The molecule has 5 heteroatoms. The van der Waals surface area contributed by atoms with Crippen molar-refractivity contribution in [1.82, 2.24) is 0 Å². The Kier molecular flexibility index (Phi) is 4.21. The number of benzene rings is 2. The number of methoxy groups -OCH3 is 2. The first-order chi connectivity index (χ1) is 10.0. The highest BCUT2D eigenvalue weighted by Crippen LogP contribution is 2.41. The quantitative estimate of drug-likeness (QED) is 0.884. The highest BCUT2D eigenvalue weighted by molar-refractivity contribution is 6.00. The molecule has 0 aliphatic carbocycles. The van der Waals surface area contributed by atoms with Gasteiger partial charge in [0.15, 0.2) is 11.5 Å². The van der Waals surface area contributed by atoms with Crippen molar-refractivity contribution in [3.63, 3.8) is 0 Å². The number of carbonyl (C=O) groups is 1. The Morgan fingerprint density at radius 3 is 2.38 bits per heavy atom. The van der Waals surface area contributed by atoms with Crippen LogP contribution >= 0.6 is 0 Å². The van der Waals surface area contributed by atoms with Gasteiger partial charge in [-0.15, -0.1) is 0 Å². The number of carboxylic acids is 1. The lowest BCUT2D eigenvalue weighted by molar-refractivity contribution is 0.0696. The van der Waals surface area contributed by atoms with Gasteiger partial charge >= 0.3 is 5.97 Å². The Morgan fingerprint density at radius 1 is 1.14 bits per heavy atom. The number of hydrogen-bond acceptors (Lipinski definition) is 4. The third-order valence-electron chi connectivity index (χ3n) is 3.43. The van der Waals surface area contributed by atoms with E-state index in [-0.39, 0.29) is 11.3 Å². The van der Waals surface area contributed by atoms with Crippen LogP contribution in [0.5, 0.6) is 17.2 Å². The second-order valence-corrected chi connectivity index (χ2v) is 4.74. The molecule has 0 spiro atoms. The fourth-order valence-electron chi connectivity index (χ4n) is 2.50. The standard InChI is InChI=1S/C16H18O5/c1-4-5-10-11-6-9(16(18)19)7-13(17)12(11)8-14(20-2)15(10)21-3/h6-8,17H,4-5H2,1-3H3,(H,18,19). The zero-order chi connectivity index (χ0) is 15.6. The monoisotopic (exact) mass is 290 g/mol. The first-order valence-electron chi connectivity index (χ1n) is 6.67. The average Bonchev–Trinajstić information content (AvgIpc) is 2.47. The molecule has 21 heavy (non-hydrogen) atoms. The zero-order valence-electron chi connectivity index (χ0n) is 12.3. The van der Waals surface area contributed by atoms with E-state index in [1.54, 1.807) is 19.2 Å². The summed E-state index contributed by atoms with van der Waals surface area (Å²) in [7, 11) is 3.08. The van der Waals surface area contributed by atoms with Crippen molar-refractivity contribution in [2.24, 2.45) is 0 Å². The van der Waals surface area contributed by atoms with E-state index in [0.717, 1.165) is 12.0 Å². The number of phenols is 1. The van der Waals surface area contributed by atoms with Gasteiger partial charge in [0.2, 0.25) is 0 Å². The number of aryl methyl sites for hydroxylation is 1. The summed E-state index contributed by atoms with van der Waals surface area (Å²) in [5.74, 6) is -0.0618. The number of carboxylic acid groups (broad SMARTS) is 1. The van der Waals surface area contributed by atoms with Crippen molar-refractivity contribution in [3.05, 3.63) is 29.3 Å². The minimum Gasteiger partial charge on any atom is -0.507 e. The van der Waals surface area contributed by atoms with Gasteiger partial charge in [-0.1, -0.05) is 13.3 Å². The molecular formula is C16H18O5. The zero-order valence-corrected chi connectivity index (χ0v) is 12.3. The second-order valence-electron chi connectivity index (χ2n) is 4.74. The van der Waals surface area contributed by atoms with Gasteiger partial charge < -0.3 is 19.7 Å². The first kappa shape index (κ1) is 15.0. The van der Waals surface area contributed by atoms with E-state index in [9.17, 15) is 9.90 Å². The van der Waals surface area contributed by atoms with Crippen LogP contribution in [0.15, 0.2) is 18.2 Å². The second kappa shape index (κ2) is 5.91. The van der Waals surface area contributed by atoms with E-state index in [2.05, 4.69) is 0 Å². The SMILES string of the molecule is CCCc1c(OC)c(OC)cc2c(O)cc(C(=O)O)cc12. The van der Waals surface area contributed by atoms with Crippen molar-refractivity contribution in [3.8, 4) is 17.2 Å². The number of phenolic OH excluding ortho intramolecular Hbond substituents is 1. The van der Waals surface area contributed by atoms with Crippen molar-refractivity contribution in [2.75, 3.05) is 14.2 Å². The van der Waals surface area contributed by atoms with Crippen LogP contribution in [0, 0.1) is 0 Å². The molecule has 0 aromatic heterocycles. The summed E-state index contributed by atoms with van der Waals surface area (Å²) < 4.78 is 10.7. The summed E-state index contributed by atoms with van der Waals surface area (Å²) in [5.41, 5.74) is 0.886. The molecule has 0 bridgehead atoms. The Bertz CT molecular complexity index is 691. The van der Waals surface area contributed by atoms with Gasteiger partial charge in [0, 0.05) is 10.9 Å². The Morgan fingerprint density at radius 2 is 1.86 bits per heavy atom. The van der Waals surface area contributed by atoms with Crippen LogP contribution in [0.25, 0.3) is 10.8 Å². The number of aromatic hydroxyl groups is 1. The van der Waals surface area contributed by atoms with Crippen LogP contribution in [-0.2, 0) is 6.42 Å². The predicted molar refractivity (Wildman–Crippen MR) is 79.7 cm³/mol. The summed E-state index contributed by atoms with van der Waals surface area (Å²) in [6.45, 7) is 2.02. The molecule has 2 aromatic carbocycles. The Hall–Kier alpha value is -2.43. The van der Waals surface area contributed by atoms with Crippen molar-refractivity contribution in [2.45, 2.75) is 19.8 Å². The molecule has 112 valence electrons. The molecule has 0 radical (unpaired) electrons. The van der Waals surface area contributed by atoms with E-state index in [0.29, 0.717) is 28.7 Å². The van der Waals surface area contributed by atoms with Gasteiger partial charge in [-0.05, 0) is 30.0 Å². The summed E-state index contributed by atoms with van der Waals surface area (Å²) in [4.78, 5) is 11.2. The molecule has 0 amide bonds. The molecule has 0 aliphatic rings. The molecule has 0 aliphatic heterocycles. The van der Waals surface area contributed by atoms with Gasteiger partial charge in [0.25, 0.3) is 0 Å². The summed E-state index contributed by atoms with van der Waals surface area (Å²) in [6, 6.07) is 4.46. The number of ether oxygens (including phenoxy) is 2. The third-order valence-corrected chi connectivity index (χ3v) is 3.43. The van der Waals surface area contributed by atoms with E-state index in [1.807, 2.05) is 6.92 Å². The van der Waals surface area contributed by atoms with E-state index in [1.165, 1.54) is 13.2 Å². The van der Waals surface area contributed by atoms with E-state index < -0.39 is 5.97 Å². The van der Waals surface area contributed by atoms with Gasteiger partial charge in [0.05, 0.1) is 19.8 Å². The molecule has 5 nitrogen and oxygen atoms in total. The lowest BCUT2D eigenvalue weighted by atomic mass is 9.96. The normalized spacial score (nSPS) is 10.6. The number of hydrogen-bond donors (Lipinski definition) is 2. The van der Waals surface area contributed by atoms with E-state index >= 15 is 0 Å². The smallest absolute Gasteiger partial charge is 0.335 e. The molecular weight excluding hydrogens is 272 g/mol. The number of fused-ring (bicyclic) bond motifs is 1. The molecule has 0 atom stereocenters. The fourth-order valence-corrected chi connectivity index (χ4v) is 2.50. The minimum absolute atomic E-state index is 0.0459. The van der Waals surface area contributed by atoms with Crippen molar-refractivity contribution in [1.29, 1.82) is 0 Å². The summed E-state index contributed by atoms with van der Waals surface area (Å²) in [6.07, 6.45) is 1.55. The Labute approximate surface area is 122 Å². The van der Waals surface area contributed by atoms with E-state index in [4.69, 9.17) is 14.6 Å². The fraction of sp³-hybridized carbons (Fsp3) is 0.312. The highest BCUT2D eigenvalue weighted by atomic mass is 16.5. The van der Waals surface area contributed by atoms with Gasteiger partial charge in [0.1, 0.15) is 5.75 Å². The van der Waals surface area contributed by atoms with Gasteiger partial charge in [-0.2, -0.15) is 0 Å². The first-order valence-corrected chi connectivity index (χ1v) is 6.67. The lowest BCUT2D eigenvalue weighted by Gasteiger charge is -2.16. The molecule has 0 unspecified atom stereocenters. The maximum atomic E-state index is 11.2. The topological polar surface area (TPSA) is 76.0 Å². The highest BCUT2D eigenvalue weighted by Gasteiger charge is 2.18. The molecule has 2 aromatic rings. The molecule has 0 saturated carbocycles. The summed E-state index contributed by atoms with van der Waals surface area (Å²) >= 11 is 0. The number of rotatable bonds is 5. The van der Waals surface area contributed by atoms with Gasteiger partial charge in [-0.25, -0.2) is 4.79 Å². The molecule has 0 heterocycles. The molecule has 2 N–H and O–H groups in total. The van der Waals surface area contributed by atoms with Crippen LogP contribution in [0.2, 0.25) is 0 Å². The van der Waals surface area contributed by atoms with Crippen LogP contribution in [0.3, 0.4) is 0 Å². The van der Waals surface area contributed by atoms with Crippen LogP contribution in [0.4, 0.5) is 0 Å². The summed E-state index contributed by atoms with van der Waals surface area (Å²) in [5, 5.41) is 20.5. The van der Waals surface area contributed by atoms with Crippen LogP contribution in [0.1, 0.15) is 29.3 Å². The minimum atomic E-state index is -1.08. The Balaban J connectivity index is 2.89. The van der Waals surface area contributed by atoms with Crippen LogP contribution in [-0.4, -0.2) is 30.4 Å². The maximum absolute atomic E-state index is 11.2. The molecule has 2 rings (SSSR count). The molecule has 0 saturated heterocycles. The van der Waals surface area contributed by atoms with Crippen molar-refractivity contribution < 1.29 is 24.5 Å².